The van der Waals surface area contributed by atoms with Crippen LogP contribution in [0, 0.1) is 11.3 Å². The second kappa shape index (κ2) is 4.72. The highest BCUT2D eigenvalue weighted by Crippen LogP contribution is 2.25. The third kappa shape index (κ3) is 3.43. The molecule has 0 aliphatic carbocycles. The van der Waals surface area contributed by atoms with E-state index < -0.39 is 9.84 Å². The number of hydrogen-bond acceptors (Lipinski definition) is 3. The average Bonchev–Trinajstić information content (AvgIpc) is 2.25. The predicted octanol–water partition coefficient (Wildman–Crippen LogP) is 2.80. The Labute approximate surface area is 102 Å². The molecule has 0 N–H and O–H groups in total. The molecular formula is C13H15NO2S. The molecule has 0 aromatic heterocycles. The minimum Gasteiger partial charge on any atom is -0.219 e. The molecule has 0 radical (unpaired) electrons. The molecule has 0 amide bonds. The lowest BCUT2D eigenvalue weighted by atomic mass is 9.87. The maximum Gasteiger partial charge on any atom is 0.200 e. The lowest BCUT2D eigenvalue weighted by Crippen LogP contribution is -2.11. The number of rotatable bonds is 2. The van der Waals surface area contributed by atoms with E-state index in [-0.39, 0.29) is 10.3 Å². The smallest absolute Gasteiger partial charge is 0.200 e. The van der Waals surface area contributed by atoms with Crippen molar-refractivity contribution < 1.29 is 8.42 Å². The molecule has 0 fully saturated rings. The molecule has 0 atom stereocenters. The molecule has 3 nitrogen and oxygen atoms in total. The van der Waals surface area contributed by atoms with Crippen LogP contribution in [0.2, 0.25) is 0 Å². The summed E-state index contributed by atoms with van der Waals surface area (Å²) in [6, 6.07) is 8.47. The van der Waals surface area contributed by atoms with Gasteiger partial charge in [0.1, 0.15) is 0 Å². The molecule has 0 aliphatic rings. The molecule has 0 heterocycles. The van der Waals surface area contributed by atoms with Gasteiger partial charge in [0.25, 0.3) is 0 Å². The molecule has 0 bridgehead atoms. The maximum absolute atomic E-state index is 11.8. The van der Waals surface area contributed by atoms with Gasteiger partial charge in [-0.05, 0) is 23.1 Å². The molecule has 0 aliphatic heterocycles. The Kier molecular flexibility index (Phi) is 3.74. The Balaban J connectivity index is 3.27. The minimum atomic E-state index is -3.51. The molecule has 0 unspecified atom stereocenters. The highest BCUT2D eigenvalue weighted by molar-refractivity contribution is 7.94. The number of hydrogen-bond donors (Lipinski definition) is 0. The molecule has 17 heavy (non-hydrogen) atoms. The summed E-state index contributed by atoms with van der Waals surface area (Å²) in [5.41, 5.74) is 0.841. The van der Waals surface area contributed by atoms with Crippen molar-refractivity contribution in [2.24, 2.45) is 0 Å². The molecule has 0 spiro atoms. The van der Waals surface area contributed by atoms with E-state index in [0.717, 1.165) is 17.0 Å². The van der Waals surface area contributed by atoms with Gasteiger partial charge in [0.05, 0.1) is 11.0 Å². The van der Waals surface area contributed by atoms with Crippen molar-refractivity contribution in [2.75, 3.05) is 0 Å². The fraction of sp³-hybridized carbons (Fsp3) is 0.308. The van der Waals surface area contributed by atoms with Crippen molar-refractivity contribution in [3.05, 3.63) is 41.3 Å². The van der Waals surface area contributed by atoms with E-state index in [2.05, 4.69) is 0 Å². The zero-order valence-electron chi connectivity index (χ0n) is 10.1. The molecular weight excluding hydrogens is 234 g/mol. The van der Waals surface area contributed by atoms with E-state index in [1.165, 1.54) is 6.07 Å². The van der Waals surface area contributed by atoms with Crippen LogP contribution < -0.4 is 0 Å². The Hall–Kier alpha value is -1.60. The Bertz CT molecular complexity index is 572. The van der Waals surface area contributed by atoms with Crippen LogP contribution >= 0.6 is 0 Å². The Morgan fingerprint density at radius 3 is 2.47 bits per heavy atom. The summed E-state index contributed by atoms with van der Waals surface area (Å²) in [4.78, 5) is 0.219. The van der Waals surface area contributed by atoms with Gasteiger partial charge < -0.3 is 0 Å². The summed E-state index contributed by atoms with van der Waals surface area (Å²) in [7, 11) is -3.51. The first-order valence-electron chi connectivity index (χ1n) is 5.19. The molecule has 4 heteroatoms. The van der Waals surface area contributed by atoms with Crippen molar-refractivity contribution in [1.29, 1.82) is 5.26 Å². The van der Waals surface area contributed by atoms with E-state index >= 15 is 0 Å². The van der Waals surface area contributed by atoms with Gasteiger partial charge in [-0.2, -0.15) is 5.26 Å². The average molecular weight is 249 g/mol. The van der Waals surface area contributed by atoms with Gasteiger partial charge in [-0.15, -0.1) is 0 Å². The van der Waals surface area contributed by atoms with E-state index in [1.54, 1.807) is 18.2 Å². The van der Waals surface area contributed by atoms with E-state index in [4.69, 9.17) is 5.26 Å². The number of benzene rings is 1. The van der Waals surface area contributed by atoms with Gasteiger partial charge >= 0.3 is 0 Å². The van der Waals surface area contributed by atoms with Crippen LogP contribution in [0.5, 0.6) is 0 Å². The maximum atomic E-state index is 11.8. The van der Waals surface area contributed by atoms with Crippen LogP contribution in [0.4, 0.5) is 0 Å². The molecule has 0 saturated carbocycles. The number of allylic oxidation sites excluding steroid dienone is 1. The molecule has 1 rings (SSSR count). The third-order valence-electron chi connectivity index (χ3n) is 2.35. The normalized spacial score (nSPS) is 12.6. The van der Waals surface area contributed by atoms with Gasteiger partial charge in [-0.1, -0.05) is 32.9 Å². The lowest BCUT2D eigenvalue weighted by Gasteiger charge is -2.19. The van der Waals surface area contributed by atoms with Gasteiger partial charge in [0.2, 0.25) is 9.84 Å². The topological polar surface area (TPSA) is 57.9 Å². The summed E-state index contributed by atoms with van der Waals surface area (Å²) in [6.45, 7) is 6.05. The summed E-state index contributed by atoms with van der Waals surface area (Å²) >= 11 is 0. The van der Waals surface area contributed by atoms with Crippen LogP contribution in [-0.2, 0) is 15.3 Å². The van der Waals surface area contributed by atoms with Crippen LogP contribution in [0.15, 0.2) is 40.6 Å². The van der Waals surface area contributed by atoms with Crippen molar-refractivity contribution in [3.8, 4) is 6.07 Å². The van der Waals surface area contributed by atoms with Crippen molar-refractivity contribution in [2.45, 2.75) is 31.1 Å². The van der Waals surface area contributed by atoms with Crippen molar-refractivity contribution in [1.82, 2.24) is 0 Å². The first-order valence-corrected chi connectivity index (χ1v) is 6.74. The third-order valence-corrected chi connectivity index (χ3v) is 3.76. The van der Waals surface area contributed by atoms with E-state index in [1.807, 2.05) is 26.8 Å². The number of sulfone groups is 1. The zero-order valence-corrected chi connectivity index (χ0v) is 11.0. The summed E-state index contributed by atoms with van der Waals surface area (Å²) in [5.74, 6) is 0. The summed E-state index contributed by atoms with van der Waals surface area (Å²) < 4.78 is 23.7. The predicted molar refractivity (Wildman–Crippen MR) is 67.1 cm³/mol. The van der Waals surface area contributed by atoms with Gasteiger partial charge in [0.15, 0.2) is 0 Å². The van der Waals surface area contributed by atoms with Gasteiger partial charge in [-0.25, -0.2) is 8.42 Å². The SMILES string of the molecule is CC(C)(C)c1cccc(S(=O)(=O)/C=C/C#N)c1. The first kappa shape index (κ1) is 13.5. The van der Waals surface area contributed by atoms with Crippen LogP contribution in [0.3, 0.4) is 0 Å². The van der Waals surface area contributed by atoms with Crippen LogP contribution in [0.25, 0.3) is 0 Å². The molecule has 90 valence electrons. The zero-order chi connectivity index (χ0) is 13.1. The first-order chi connectivity index (χ1) is 7.77. The Morgan fingerprint density at radius 1 is 1.29 bits per heavy atom. The lowest BCUT2D eigenvalue weighted by molar-refractivity contribution is 0.585. The number of nitrogens with zero attached hydrogens (tertiary/aromatic N) is 1. The van der Waals surface area contributed by atoms with Crippen LogP contribution in [0.1, 0.15) is 26.3 Å². The summed E-state index contributed by atoms with van der Waals surface area (Å²) in [6.07, 6.45) is 0.971. The molecule has 1 aromatic carbocycles. The quantitative estimate of drug-likeness (QED) is 0.757. The monoisotopic (exact) mass is 249 g/mol. The van der Waals surface area contributed by atoms with Crippen molar-refractivity contribution in [3.63, 3.8) is 0 Å². The minimum absolute atomic E-state index is 0.107. The van der Waals surface area contributed by atoms with Gasteiger partial charge in [0, 0.05) is 11.5 Å². The largest absolute Gasteiger partial charge is 0.219 e. The van der Waals surface area contributed by atoms with Crippen LogP contribution in [-0.4, -0.2) is 8.42 Å². The Morgan fingerprint density at radius 2 is 1.94 bits per heavy atom. The van der Waals surface area contributed by atoms with Crippen molar-refractivity contribution >= 4 is 9.84 Å². The highest BCUT2D eigenvalue weighted by atomic mass is 32.2. The van der Waals surface area contributed by atoms with Gasteiger partial charge in [-0.3, -0.25) is 0 Å². The second-order valence-corrected chi connectivity index (χ2v) is 6.59. The molecule has 1 aromatic rings. The summed E-state index contributed by atoms with van der Waals surface area (Å²) in [5, 5.41) is 9.28. The molecule has 0 saturated heterocycles. The fourth-order valence-corrected chi connectivity index (χ4v) is 2.29. The fourth-order valence-electron chi connectivity index (χ4n) is 1.34. The van der Waals surface area contributed by atoms with E-state index in [0.29, 0.717) is 0 Å². The number of nitriles is 1. The standard InChI is InChI=1S/C13H15NO2S/c1-13(2,3)11-6-4-7-12(10-11)17(15,16)9-5-8-14/h4-7,9-10H,1-3H3/b9-5+. The highest BCUT2D eigenvalue weighted by Gasteiger charge is 2.17. The van der Waals surface area contributed by atoms with E-state index in [9.17, 15) is 8.42 Å². The second-order valence-electron chi connectivity index (χ2n) is 4.75.